The highest BCUT2D eigenvalue weighted by molar-refractivity contribution is 6.13. The van der Waals surface area contributed by atoms with E-state index in [1.54, 1.807) is 0 Å². The van der Waals surface area contributed by atoms with Crippen LogP contribution in [-0.2, 0) is 5.41 Å². The summed E-state index contributed by atoms with van der Waals surface area (Å²) < 4.78 is 2.52. The Labute approximate surface area is 359 Å². The number of hydrogen-bond acceptors (Lipinski definition) is 3. The molecule has 0 radical (unpaired) electrons. The fourth-order valence-electron chi connectivity index (χ4n) is 10.5. The number of aromatic nitrogens is 4. The Hall–Kier alpha value is -8.21. The molecule has 11 aromatic rings. The quantitative estimate of drug-likeness (QED) is 0.174. The summed E-state index contributed by atoms with van der Waals surface area (Å²) in [6, 6.07) is 78.8. The zero-order valence-electron chi connectivity index (χ0n) is 33.6. The van der Waals surface area contributed by atoms with Gasteiger partial charge in [0.25, 0.3) is 0 Å². The van der Waals surface area contributed by atoms with Gasteiger partial charge in [0, 0.05) is 27.5 Å². The molecule has 4 nitrogen and oxygen atoms in total. The third-order valence-electron chi connectivity index (χ3n) is 13.1. The molecule has 0 fully saturated rings. The van der Waals surface area contributed by atoms with Gasteiger partial charge in [0.05, 0.1) is 22.1 Å². The van der Waals surface area contributed by atoms with Crippen LogP contribution in [-0.4, -0.2) is 19.5 Å². The summed E-state index contributed by atoms with van der Waals surface area (Å²) in [4.78, 5) is 14.9. The molecule has 1 aliphatic heterocycles. The van der Waals surface area contributed by atoms with Gasteiger partial charge in [-0.3, -0.25) is 0 Å². The van der Waals surface area contributed by atoms with Crippen LogP contribution < -0.4 is 0 Å². The van der Waals surface area contributed by atoms with Gasteiger partial charge in [-0.15, -0.1) is 0 Å². The maximum atomic E-state index is 5.00. The minimum atomic E-state index is -0.513. The van der Waals surface area contributed by atoms with Crippen molar-refractivity contribution in [3.05, 3.63) is 241 Å². The van der Waals surface area contributed by atoms with Crippen molar-refractivity contribution in [2.75, 3.05) is 0 Å². The van der Waals surface area contributed by atoms with E-state index >= 15 is 0 Å². The summed E-state index contributed by atoms with van der Waals surface area (Å²) in [7, 11) is 0. The molecule has 0 atom stereocenters. The lowest BCUT2D eigenvalue weighted by atomic mass is 9.65. The predicted molar refractivity (Wildman–Crippen MR) is 252 cm³/mol. The average molecular weight is 789 g/mol. The van der Waals surface area contributed by atoms with Crippen molar-refractivity contribution < 1.29 is 0 Å². The van der Waals surface area contributed by atoms with Crippen molar-refractivity contribution in [2.24, 2.45) is 0 Å². The smallest absolute Gasteiger partial charge is 0.164 e. The lowest BCUT2D eigenvalue weighted by Gasteiger charge is -2.40. The highest BCUT2D eigenvalue weighted by atomic mass is 15.0. The molecule has 1 spiro atoms. The van der Waals surface area contributed by atoms with Gasteiger partial charge in [-0.2, -0.15) is 0 Å². The Morgan fingerprint density at radius 2 is 0.758 bits per heavy atom. The first-order valence-electron chi connectivity index (χ1n) is 21.2. The topological polar surface area (TPSA) is 43.6 Å². The van der Waals surface area contributed by atoms with Gasteiger partial charge in [0.15, 0.2) is 17.5 Å². The highest BCUT2D eigenvalue weighted by Crippen LogP contribution is 2.61. The van der Waals surface area contributed by atoms with E-state index in [-0.39, 0.29) is 0 Å². The zero-order chi connectivity index (χ0) is 40.8. The Morgan fingerprint density at radius 1 is 0.306 bits per heavy atom. The average Bonchev–Trinajstić information content (AvgIpc) is 3.85. The van der Waals surface area contributed by atoms with Crippen LogP contribution in [0.5, 0.6) is 0 Å². The number of para-hydroxylation sites is 2. The van der Waals surface area contributed by atoms with Crippen LogP contribution in [0.15, 0.2) is 218 Å². The Bertz CT molecular complexity index is 3460. The van der Waals surface area contributed by atoms with Crippen molar-refractivity contribution in [3.63, 3.8) is 0 Å². The van der Waals surface area contributed by atoms with Crippen LogP contribution in [0.4, 0.5) is 0 Å². The molecule has 3 heterocycles. The Kier molecular flexibility index (Phi) is 7.49. The van der Waals surface area contributed by atoms with Gasteiger partial charge in [0.2, 0.25) is 0 Å². The fraction of sp³-hybridized carbons (Fsp3) is 0.0172. The summed E-state index contributed by atoms with van der Waals surface area (Å²) in [6.07, 6.45) is 0. The molecule has 4 heteroatoms. The van der Waals surface area contributed by atoms with Gasteiger partial charge in [-0.1, -0.05) is 200 Å². The van der Waals surface area contributed by atoms with E-state index in [0.717, 1.165) is 27.8 Å². The molecular formula is C58H36N4. The first kappa shape index (κ1) is 34.6. The number of nitrogens with zero attached hydrogens (tertiary/aromatic N) is 4. The normalized spacial score (nSPS) is 13.0. The lowest BCUT2D eigenvalue weighted by molar-refractivity contribution is 0.749. The standard InChI is InChI=1S/C58H36N4/c1-3-16-38(17-4-1)55-59-56(39-18-5-2-6-19-39)61-57(60-55)40-32-30-37(31-33-40)42-20-7-8-21-43(42)41-34-35-53-51(36-41)58(48-26-12-9-22-44(48)45-23-10-13-27-49(45)58)50-28-15-25-47-46-24-11-14-29-52(46)62(53)54(47)50/h1-36H. The van der Waals surface area contributed by atoms with E-state index in [0.29, 0.717) is 17.5 Å². The molecule has 288 valence electrons. The minimum absolute atomic E-state index is 0.513. The number of benzene rings is 9. The van der Waals surface area contributed by atoms with E-state index in [4.69, 9.17) is 15.0 Å². The van der Waals surface area contributed by atoms with Crippen molar-refractivity contribution in [3.8, 4) is 73.2 Å². The second kappa shape index (κ2) is 13.4. The molecule has 2 aromatic heterocycles. The van der Waals surface area contributed by atoms with E-state index in [1.807, 2.05) is 60.7 Å². The summed E-state index contributed by atoms with van der Waals surface area (Å²) in [6.45, 7) is 0. The van der Waals surface area contributed by atoms with E-state index in [9.17, 15) is 0 Å². The van der Waals surface area contributed by atoms with Crippen LogP contribution >= 0.6 is 0 Å². The monoisotopic (exact) mass is 788 g/mol. The fourth-order valence-corrected chi connectivity index (χ4v) is 10.5. The van der Waals surface area contributed by atoms with Crippen LogP contribution in [0.3, 0.4) is 0 Å². The van der Waals surface area contributed by atoms with E-state index < -0.39 is 5.41 Å². The Balaban J connectivity index is 0.989. The van der Waals surface area contributed by atoms with Crippen LogP contribution in [0.25, 0.3) is 95.0 Å². The molecule has 0 bridgehead atoms. The lowest BCUT2D eigenvalue weighted by Crippen LogP contribution is -2.33. The maximum Gasteiger partial charge on any atom is 0.164 e. The molecule has 0 unspecified atom stereocenters. The number of fused-ring (bicyclic) bond motifs is 12. The molecule has 1 aliphatic carbocycles. The van der Waals surface area contributed by atoms with Crippen molar-refractivity contribution in [1.82, 2.24) is 19.5 Å². The van der Waals surface area contributed by atoms with Crippen molar-refractivity contribution in [1.29, 1.82) is 0 Å². The third-order valence-corrected chi connectivity index (χ3v) is 13.1. The molecular weight excluding hydrogens is 753 g/mol. The van der Waals surface area contributed by atoms with Crippen LogP contribution in [0.1, 0.15) is 22.3 Å². The number of rotatable bonds is 5. The maximum absolute atomic E-state index is 5.00. The van der Waals surface area contributed by atoms with Gasteiger partial charge in [0.1, 0.15) is 0 Å². The molecule has 0 saturated carbocycles. The molecule has 2 aliphatic rings. The Morgan fingerprint density at radius 3 is 1.39 bits per heavy atom. The molecule has 0 N–H and O–H groups in total. The van der Waals surface area contributed by atoms with Crippen molar-refractivity contribution in [2.45, 2.75) is 5.41 Å². The predicted octanol–water partition coefficient (Wildman–Crippen LogP) is 14.0. The zero-order valence-corrected chi connectivity index (χ0v) is 33.6. The van der Waals surface area contributed by atoms with Gasteiger partial charge < -0.3 is 4.57 Å². The summed E-state index contributed by atoms with van der Waals surface area (Å²) >= 11 is 0. The van der Waals surface area contributed by atoms with Crippen molar-refractivity contribution >= 4 is 21.8 Å². The summed E-state index contributed by atoms with van der Waals surface area (Å²) in [5.41, 5.74) is 18.6. The third kappa shape index (κ3) is 4.92. The summed E-state index contributed by atoms with van der Waals surface area (Å²) in [5, 5.41) is 2.56. The molecule has 0 saturated heterocycles. The first-order chi connectivity index (χ1) is 30.8. The second-order valence-electron chi connectivity index (χ2n) is 16.3. The first-order valence-corrected chi connectivity index (χ1v) is 21.2. The molecule has 0 amide bonds. The molecule has 9 aromatic carbocycles. The van der Waals surface area contributed by atoms with E-state index in [2.05, 4.69) is 162 Å². The van der Waals surface area contributed by atoms with Gasteiger partial charge >= 0.3 is 0 Å². The van der Waals surface area contributed by atoms with E-state index in [1.165, 1.54) is 72.0 Å². The molecule has 13 rings (SSSR count). The van der Waals surface area contributed by atoms with Gasteiger partial charge in [-0.25, -0.2) is 15.0 Å². The molecule has 62 heavy (non-hydrogen) atoms. The second-order valence-corrected chi connectivity index (χ2v) is 16.3. The highest BCUT2D eigenvalue weighted by Gasteiger charge is 2.50. The number of hydrogen-bond donors (Lipinski definition) is 0. The van der Waals surface area contributed by atoms with Crippen LogP contribution in [0, 0.1) is 0 Å². The summed E-state index contributed by atoms with van der Waals surface area (Å²) in [5.74, 6) is 1.94. The van der Waals surface area contributed by atoms with Crippen LogP contribution in [0.2, 0.25) is 0 Å². The minimum Gasteiger partial charge on any atom is -0.309 e. The largest absolute Gasteiger partial charge is 0.309 e. The SMILES string of the molecule is c1ccc(-c2nc(-c3ccccc3)nc(-c3ccc(-c4ccccc4-c4ccc5c(c4)C4(c6ccccc6-c6ccccc64)c4cccc6c7ccccc7n-5c46)cc3)n2)cc1. The van der Waals surface area contributed by atoms with Gasteiger partial charge in [-0.05, 0) is 73.8 Å².